The highest BCUT2D eigenvalue weighted by atomic mass is 16.5. The van der Waals surface area contributed by atoms with E-state index in [4.69, 9.17) is 4.74 Å². The molecule has 1 aliphatic rings. The number of carbonyl (C=O) groups is 1. The number of ether oxygens (including phenoxy) is 1. The van der Waals surface area contributed by atoms with Gasteiger partial charge in [0, 0.05) is 12.0 Å². The maximum Gasteiger partial charge on any atom is 0.163 e. The molecule has 0 amide bonds. The first-order chi connectivity index (χ1) is 11.8. The molecule has 3 aromatic carbocycles. The molecule has 0 aromatic heterocycles. The summed E-state index contributed by atoms with van der Waals surface area (Å²) in [5.74, 6) is 1.10. The van der Waals surface area contributed by atoms with Gasteiger partial charge in [-0.25, -0.2) is 0 Å². The molecular formula is C22H18O2. The lowest BCUT2D eigenvalue weighted by Crippen LogP contribution is -1.96. The Morgan fingerprint density at radius 1 is 0.792 bits per heavy atom. The van der Waals surface area contributed by atoms with E-state index in [0.29, 0.717) is 13.0 Å². The molecule has 2 heteroatoms. The van der Waals surface area contributed by atoms with Gasteiger partial charge >= 0.3 is 0 Å². The lowest BCUT2D eigenvalue weighted by molar-refractivity contribution is 0.0994. The van der Waals surface area contributed by atoms with Gasteiger partial charge in [0.1, 0.15) is 12.4 Å². The maximum atomic E-state index is 12.0. The average Bonchev–Trinajstić information content (AvgIpc) is 3.02. The lowest BCUT2D eigenvalue weighted by Gasteiger charge is -2.11. The predicted molar refractivity (Wildman–Crippen MR) is 95.3 cm³/mol. The molecule has 0 bridgehead atoms. The fraction of sp³-hybridized carbons (Fsp3) is 0.136. The van der Waals surface area contributed by atoms with Crippen molar-refractivity contribution in [3.05, 3.63) is 89.5 Å². The Balaban J connectivity index is 1.61. The highest BCUT2D eigenvalue weighted by Crippen LogP contribution is 2.33. The highest BCUT2D eigenvalue weighted by Gasteiger charge is 2.22. The quantitative estimate of drug-likeness (QED) is 0.672. The molecule has 0 aliphatic heterocycles. The van der Waals surface area contributed by atoms with Crippen LogP contribution in [0.15, 0.2) is 72.8 Å². The Morgan fingerprint density at radius 3 is 2.46 bits per heavy atom. The van der Waals surface area contributed by atoms with Gasteiger partial charge in [0.25, 0.3) is 0 Å². The fourth-order valence-corrected chi connectivity index (χ4v) is 3.26. The van der Waals surface area contributed by atoms with Gasteiger partial charge in [0.2, 0.25) is 0 Å². The second-order valence-electron chi connectivity index (χ2n) is 6.06. The van der Waals surface area contributed by atoms with E-state index >= 15 is 0 Å². The average molecular weight is 314 g/mol. The molecule has 0 heterocycles. The van der Waals surface area contributed by atoms with Crippen LogP contribution < -0.4 is 4.74 Å². The van der Waals surface area contributed by atoms with Gasteiger partial charge in [-0.1, -0.05) is 60.7 Å². The molecule has 3 aromatic rings. The molecule has 1 aliphatic carbocycles. The van der Waals surface area contributed by atoms with Gasteiger partial charge in [0.15, 0.2) is 5.78 Å². The van der Waals surface area contributed by atoms with E-state index in [-0.39, 0.29) is 5.78 Å². The molecule has 0 saturated carbocycles. The van der Waals surface area contributed by atoms with E-state index in [2.05, 4.69) is 30.3 Å². The minimum absolute atomic E-state index is 0.253. The third-order valence-electron chi connectivity index (χ3n) is 4.47. The van der Waals surface area contributed by atoms with E-state index in [1.165, 1.54) is 5.56 Å². The second-order valence-corrected chi connectivity index (χ2v) is 6.06. The van der Waals surface area contributed by atoms with E-state index < -0.39 is 0 Å². The Bertz CT molecular complexity index is 881. The number of benzene rings is 3. The summed E-state index contributed by atoms with van der Waals surface area (Å²) in [7, 11) is 0. The zero-order valence-electron chi connectivity index (χ0n) is 13.4. The number of hydrogen-bond acceptors (Lipinski definition) is 2. The van der Waals surface area contributed by atoms with Gasteiger partial charge in [0.05, 0.1) is 0 Å². The summed E-state index contributed by atoms with van der Waals surface area (Å²) in [6, 6.07) is 24.2. The molecule has 24 heavy (non-hydrogen) atoms. The first-order valence-corrected chi connectivity index (χ1v) is 8.23. The fourth-order valence-electron chi connectivity index (χ4n) is 3.26. The third kappa shape index (κ3) is 2.83. The van der Waals surface area contributed by atoms with Crippen molar-refractivity contribution in [1.29, 1.82) is 0 Å². The van der Waals surface area contributed by atoms with Gasteiger partial charge in [-0.2, -0.15) is 0 Å². The van der Waals surface area contributed by atoms with Gasteiger partial charge in [-0.05, 0) is 40.8 Å². The molecule has 118 valence electrons. The van der Waals surface area contributed by atoms with Crippen LogP contribution in [0.1, 0.15) is 27.9 Å². The molecule has 4 rings (SSSR count). The van der Waals surface area contributed by atoms with Crippen molar-refractivity contribution in [3.8, 4) is 16.9 Å². The molecule has 0 atom stereocenters. The zero-order chi connectivity index (χ0) is 16.4. The van der Waals surface area contributed by atoms with Gasteiger partial charge < -0.3 is 4.74 Å². The Morgan fingerprint density at radius 2 is 1.58 bits per heavy atom. The minimum atomic E-state index is 0.253. The van der Waals surface area contributed by atoms with Crippen molar-refractivity contribution in [2.24, 2.45) is 0 Å². The number of Topliss-reactive ketones (excluding diaryl/α,β-unsaturated/α-hetero) is 1. The monoisotopic (exact) mass is 314 g/mol. The van der Waals surface area contributed by atoms with Crippen LogP contribution in [0.25, 0.3) is 11.1 Å². The van der Waals surface area contributed by atoms with Crippen molar-refractivity contribution < 1.29 is 9.53 Å². The number of ketones is 1. The van der Waals surface area contributed by atoms with Crippen LogP contribution in [0.2, 0.25) is 0 Å². The van der Waals surface area contributed by atoms with Crippen LogP contribution in [0.4, 0.5) is 0 Å². The van der Waals surface area contributed by atoms with E-state index in [1.807, 2.05) is 42.5 Å². The van der Waals surface area contributed by atoms with Crippen molar-refractivity contribution in [2.45, 2.75) is 19.4 Å². The maximum absolute atomic E-state index is 12.0. The zero-order valence-corrected chi connectivity index (χ0v) is 13.4. The Kier molecular flexibility index (Phi) is 3.87. The summed E-state index contributed by atoms with van der Waals surface area (Å²) < 4.78 is 5.93. The molecular weight excluding hydrogens is 296 g/mol. The third-order valence-corrected chi connectivity index (χ3v) is 4.47. The molecule has 0 spiro atoms. The second kappa shape index (κ2) is 6.32. The van der Waals surface area contributed by atoms with Crippen LogP contribution in [0.5, 0.6) is 5.75 Å². The SMILES string of the molecule is O=C1CCc2c1cccc2-c1cccc(OCc2ccccc2)c1. The summed E-state index contributed by atoms with van der Waals surface area (Å²) in [5.41, 5.74) is 5.44. The van der Waals surface area contributed by atoms with Crippen molar-refractivity contribution in [3.63, 3.8) is 0 Å². The summed E-state index contributed by atoms with van der Waals surface area (Å²) in [4.78, 5) is 12.0. The molecule has 0 N–H and O–H groups in total. The summed E-state index contributed by atoms with van der Waals surface area (Å²) >= 11 is 0. The lowest BCUT2D eigenvalue weighted by atomic mass is 9.97. The standard InChI is InChI=1S/C22H18O2/c23-22-13-12-20-19(10-5-11-21(20)22)17-8-4-9-18(14-17)24-15-16-6-2-1-3-7-16/h1-11,14H,12-13,15H2. The van der Waals surface area contributed by atoms with Crippen LogP contribution in [0.3, 0.4) is 0 Å². The van der Waals surface area contributed by atoms with Crippen LogP contribution in [-0.2, 0) is 13.0 Å². The molecule has 0 unspecified atom stereocenters. The first kappa shape index (κ1) is 14.7. The predicted octanol–water partition coefficient (Wildman–Crippen LogP) is 5.06. The first-order valence-electron chi connectivity index (χ1n) is 8.23. The number of hydrogen-bond donors (Lipinski definition) is 0. The Hall–Kier alpha value is -2.87. The van der Waals surface area contributed by atoms with Crippen molar-refractivity contribution >= 4 is 5.78 Å². The van der Waals surface area contributed by atoms with Gasteiger partial charge in [-0.3, -0.25) is 4.79 Å². The summed E-state index contributed by atoms with van der Waals surface area (Å²) in [6.45, 7) is 0.551. The topological polar surface area (TPSA) is 26.3 Å². The molecule has 0 saturated heterocycles. The number of carbonyl (C=O) groups excluding carboxylic acids is 1. The molecule has 2 nitrogen and oxygen atoms in total. The van der Waals surface area contributed by atoms with Crippen molar-refractivity contribution in [1.82, 2.24) is 0 Å². The van der Waals surface area contributed by atoms with E-state index in [0.717, 1.165) is 34.4 Å². The largest absolute Gasteiger partial charge is 0.489 e. The van der Waals surface area contributed by atoms with E-state index in [9.17, 15) is 4.79 Å². The number of fused-ring (bicyclic) bond motifs is 1. The number of rotatable bonds is 4. The van der Waals surface area contributed by atoms with Crippen molar-refractivity contribution in [2.75, 3.05) is 0 Å². The summed E-state index contributed by atoms with van der Waals surface area (Å²) in [6.07, 6.45) is 1.45. The van der Waals surface area contributed by atoms with E-state index in [1.54, 1.807) is 0 Å². The normalized spacial score (nSPS) is 12.9. The highest BCUT2D eigenvalue weighted by molar-refractivity contribution is 6.02. The summed E-state index contributed by atoms with van der Waals surface area (Å²) in [5, 5.41) is 0. The van der Waals surface area contributed by atoms with Gasteiger partial charge in [-0.15, -0.1) is 0 Å². The minimum Gasteiger partial charge on any atom is -0.489 e. The smallest absolute Gasteiger partial charge is 0.163 e. The Labute approximate surface area is 141 Å². The molecule has 0 radical (unpaired) electrons. The van der Waals surface area contributed by atoms with Crippen LogP contribution in [-0.4, -0.2) is 5.78 Å². The van der Waals surface area contributed by atoms with Crippen LogP contribution >= 0.6 is 0 Å². The molecule has 0 fully saturated rings. The van der Waals surface area contributed by atoms with Crippen LogP contribution in [0, 0.1) is 0 Å².